The molecule has 2 rings (SSSR count). The molecule has 0 aliphatic rings. The molecule has 5 nitrogen and oxygen atoms in total. The van der Waals surface area contributed by atoms with E-state index in [0.29, 0.717) is 15.7 Å². The Hall–Kier alpha value is -2.34. The average Bonchev–Trinajstić information content (AvgIpc) is 2.41. The summed E-state index contributed by atoms with van der Waals surface area (Å²) < 4.78 is 0.591. The summed E-state index contributed by atoms with van der Waals surface area (Å²) in [6.07, 6.45) is 1.35. The molecule has 3 N–H and O–H groups in total. The van der Waals surface area contributed by atoms with Gasteiger partial charge >= 0.3 is 5.97 Å². The molecule has 0 aromatic heterocycles. The van der Waals surface area contributed by atoms with E-state index in [1.807, 2.05) is 0 Å². The van der Waals surface area contributed by atoms with E-state index < -0.39 is 5.97 Å². The fourth-order valence-corrected chi connectivity index (χ4v) is 2.03. The maximum absolute atomic E-state index is 10.8. The molecule has 102 valence electrons. The van der Waals surface area contributed by atoms with Gasteiger partial charge in [0.2, 0.25) is 0 Å². The molecule has 20 heavy (non-hydrogen) atoms. The monoisotopic (exact) mass is 335 g/mol. The number of aliphatic imine (C=N–C) groups is 1. The number of halogens is 1. The van der Waals surface area contributed by atoms with Crippen LogP contribution in [0.25, 0.3) is 0 Å². The topological polar surface area (TPSA) is 90.1 Å². The summed E-state index contributed by atoms with van der Waals surface area (Å²) in [5.74, 6) is -1.59. The number of hydrogen-bond acceptors (Lipinski definition) is 4. The second-order valence-corrected chi connectivity index (χ2v) is 4.89. The average molecular weight is 336 g/mol. The van der Waals surface area contributed by atoms with Crippen molar-refractivity contribution in [2.75, 3.05) is 0 Å². The van der Waals surface area contributed by atoms with Crippen molar-refractivity contribution < 1.29 is 20.1 Å². The first kappa shape index (κ1) is 14.1. The molecule has 0 atom stereocenters. The zero-order valence-corrected chi connectivity index (χ0v) is 11.7. The minimum atomic E-state index is -1.04. The number of carboxylic acids is 1. The SMILES string of the molecule is O=C(O)c1cccc(N=Cc2cc(Br)cc(O)c2O)c1. The normalized spacial score (nSPS) is 10.8. The molecule has 0 fully saturated rings. The summed E-state index contributed by atoms with van der Waals surface area (Å²) in [6.45, 7) is 0. The highest BCUT2D eigenvalue weighted by Gasteiger charge is 2.07. The van der Waals surface area contributed by atoms with E-state index in [1.165, 1.54) is 24.4 Å². The fraction of sp³-hybridized carbons (Fsp3) is 0. The molecule has 0 saturated heterocycles. The van der Waals surface area contributed by atoms with Gasteiger partial charge in [-0.05, 0) is 30.3 Å². The van der Waals surface area contributed by atoms with Crippen LogP contribution < -0.4 is 0 Å². The number of carboxylic acid groups (broad SMARTS) is 1. The fourth-order valence-electron chi connectivity index (χ4n) is 1.57. The molecule has 0 spiro atoms. The first-order valence-electron chi connectivity index (χ1n) is 5.56. The molecular weight excluding hydrogens is 326 g/mol. The number of aromatic hydroxyl groups is 2. The predicted molar refractivity (Wildman–Crippen MR) is 78.1 cm³/mol. The third-order valence-electron chi connectivity index (χ3n) is 2.53. The van der Waals surface area contributed by atoms with Crippen molar-refractivity contribution in [3.63, 3.8) is 0 Å². The lowest BCUT2D eigenvalue weighted by atomic mass is 10.2. The Labute approximate surface area is 123 Å². The van der Waals surface area contributed by atoms with Crippen molar-refractivity contribution in [2.45, 2.75) is 0 Å². The molecule has 0 aliphatic heterocycles. The van der Waals surface area contributed by atoms with Gasteiger partial charge in [0.05, 0.1) is 11.3 Å². The lowest BCUT2D eigenvalue weighted by Gasteiger charge is -2.03. The van der Waals surface area contributed by atoms with E-state index >= 15 is 0 Å². The van der Waals surface area contributed by atoms with Gasteiger partial charge in [-0.25, -0.2) is 4.79 Å². The highest BCUT2D eigenvalue weighted by atomic mass is 79.9. The zero-order valence-electron chi connectivity index (χ0n) is 10.1. The maximum atomic E-state index is 10.8. The molecular formula is C14H10BrNO4. The van der Waals surface area contributed by atoms with Crippen LogP contribution in [0.3, 0.4) is 0 Å². The van der Waals surface area contributed by atoms with Gasteiger partial charge in [-0.2, -0.15) is 0 Å². The standard InChI is InChI=1S/C14H10BrNO4/c15-10-4-9(13(18)12(17)6-10)7-16-11-3-1-2-8(5-11)14(19)20/h1-7,17-18H,(H,19,20). The summed E-state index contributed by atoms with van der Waals surface area (Å²) in [4.78, 5) is 14.9. The lowest BCUT2D eigenvalue weighted by Crippen LogP contribution is -1.94. The second-order valence-electron chi connectivity index (χ2n) is 3.98. The number of rotatable bonds is 3. The second kappa shape index (κ2) is 5.75. The van der Waals surface area contributed by atoms with E-state index in [2.05, 4.69) is 20.9 Å². The van der Waals surface area contributed by atoms with Crippen LogP contribution in [0.1, 0.15) is 15.9 Å². The Morgan fingerprint density at radius 2 is 1.95 bits per heavy atom. The Morgan fingerprint density at radius 3 is 2.65 bits per heavy atom. The number of nitrogens with zero attached hydrogens (tertiary/aromatic N) is 1. The highest BCUT2D eigenvalue weighted by molar-refractivity contribution is 9.10. The van der Waals surface area contributed by atoms with Gasteiger partial charge in [-0.3, -0.25) is 4.99 Å². The van der Waals surface area contributed by atoms with Gasteiger partial charge in [-0.1, -0.05) is 22.0 Å². The van der Waals surface area contributed by atoms with Gasteiger partial charge in [0.25, 0.3) is 0 Å². The van der Waals surface area contributed by atoms with Crippen molar-refractivity contribution in [3.05, 3.63) is 52.0 Å². The van der Waals surface area contributed by atoms with Crippen molar-refractivity contribution in [1.82, 2.24) is 0 Å². The van der Waals surface area contributed by atoms with Crippen molar-refractivity contribution >= 4 is 33.8 Å². The Bertz CT molecular complexity index is 698. The van der Waals surface area contributed by atoms with Crippen LogP contribution in [0.15, 0.2) is 45.9 Å². The summed E-state index contributed by atoms with van der Waals surface area (Å²) in [7, 11) is 0. The molecule has 0 unspecified atom stereocenters. The summed E-state index contributed by atoms with van der Waals surface area (Å²) in [6, 6.07) is 9.03. The molecule has 6 heteroatoms. The van der Waals surface area contributed by atoms with Crippen LogP contribution >= 0.6 is 15.9 Å². The molecule has 0 saturated carbocycles. The van der Waals surface area contributed by atoms with Gasteiger partial charge < -0.3 is 15.3 Å². The first-order chi connectivity index (χ1) is 9.47. The third kappa shape index (κ3) is 3.16. The van der Waals surface area contributed by atoms with E-state index in [-0.39, 0.29) is 17.1 Å². The third-order valence-corrected chi connectivity index (χ3v) is 2.99. The van der Waals surface area contributed by atoms with Crippen LogP contribution in [0.2, 0.25) is 0 Å². The number of phenolic OH excluding ortho intramolecular Hbond substituents is 2. The van der Waals surface area contributed by atoms with Crippen LogP contribution in [0.4, 0.5) is 5.69 Å². The number of aromatic carboxylic acids is 1. The number of phenols is 2. The molecule has 0 bridgehead atoms. The van der Waals surface area contributed by atoms with Gasteiger partial charge in [-0.15, -0.1) is 0 Å². The van der Waals surface area contributed by atoms with Crippen LogP contribution in [-0.2, 0) is 0 Å². The summed E-state index contributed by atoms with van der Waals surface area (Å²) >= 11 is 3.19. The van der Waals surface area contributed by atoms with E-state index in [4.69, 9.17) is 5.11 Å². The van der Waals surface area contributed by atoms with E-state index in [1.54, 1.807) is 18.2 Å². The molecule has 2 aromatic rings. The number of carbonyl (C=O) groups is 1. The molecule has 2 aromatic carbocycles. The van der Waals surface area contributed by atoms with Crippen LogP contribution in [-0.4, -0.2) is 27.5 Å². The van der Waals surface area contributed by atoms with Crippen molar-refractivity contribution in [3.8, 4) is 11.5 Å². The van der Waals surface area contributed by atoms with Gasteiger partial charge in [0.15, 0.2) is 11.5 Å². The minimum absolute atomic E-state index is 0.126. The smallest absolute Gasteiger partial charge is 0.335 e. The molecule has 0 amide bonds. The Morgan fingerprint density at radius 1 is 1.20 bits per heavy atom. The minimum Gasteiger partial charge on any atom is -0.504 e. The number of benzene rings is 2. The van der Waals surface area contributed by atoms with Gasteiger partial charge in [0.1, 0.15) is 0 Å². The quantitative estimate of drug-likeness (QED) is 0.592. The highest BCUT2D eigenvalue weighted by Crippen LogP contribution is 2.31. The largest absolute Gasteiger partial charge is 0.504 e. The molecule has 0 radical (unpaired) electrons. The van der Waals surface area contributed by atoms with Crippen molar-refractivity contribution in [2.24, 2.45) is 4.99 Å². The number of hydrogen-bond donors (Lipinski definition) is 3. The predicted octanol–water partition coefficient (Wildman–Crippen LogP) is 3.31. The zero-order chi connectivity index (χ0) is 14.7. The summed E-state index contributed by atoms with van der Waals surface area (Å²) in [5.41, 5.74) is 0.877. The molecule has 0 aliphatic carbocycles. The van der Waals surface area contributed by atoms with Crippen LogP contribution in [0, 0.1) is 0 Å². The Balaban J connectivity index is 2.34. The van der Waals surface area contributed by atoms with Gasteiger partial charge in [0, 0.05) is 16.3 Å². The van der Waals surface area contributed by atoms with E-state index in [0.717, 1.165) is 0 Å². The van der Waals surface area contributed by atoms with Crippen molar-refractivity contribution in [1.29, 1.82) is 0 Å². The Kier molecular flexibility index (Phi) is 4.05. The van der Waals surface area contributed by atoms with Crippen LogP contribution in [0.5, 0.6) is 11.5 Å². The summed E-state index contributed by atoms with van der Waals surface area (Å²) in [5, 5.41) is 28.0. The maximum Gasteiger partial charge on any atom is 0.335 e. The molecule has 0 heterocycles. The first-order valence-corrected chi connectivity index (χ1v) is 6.35. The lowest BCUT2D eigenvalue weighted by molar-refractivity contribution is 0.0697. The van der Waals surface area contributed by atoms with E-state index in [9.17, 15) is 15.0 Å².